The van der Waals surface area contributed by atoms with Crippen LogP contribution in [0.15, 0.2) is 0 Å². The van der Waals surface area contributed by atoms with Crippen molar-refractivity contribution in [2.75, 3.05) is 19.8 Å². The molecule has 1 atom stereocenters. The van der Waals surface area contributed by atoms with Crippen molar-refractivity contribution in [3.8, 4) is 0 Å². The largest absolute Gasteiger partial charge is 0.396 e. The molecule has 5 nitrogen and oxygen atoms in total. The van der Waals surface area contributed by atoms with Gasteiger partial charge < -0.3 is 14.4 Å². The molecule has 2 heterocycles. The minimum atomic E-state index is 0.252. The van der Waals surface area contributed by atoms with E-state index in [2.05, 4.69) is 14.8 Å². The second-order valence-corrected chi connectivity index (χ2v) is 4.18. The van der Waals surface area contributed by atoms with Gasteiger partial charge in [-0.25, -0.2) is 0 Å². The van der Waals surface area contributed by atoms with Gasteiger partial charge in [-0.15, -0.1) is 10.2 Å². The molecule has 1 unspecified atom stereocenters. The lowest BCUT2D eigenvalue weighted by Crippen LogP contribution is -2.24. The summed E-state index contributed by atoms with van der Waals surface area (Å²) >= 11 is 0. The molecule has 1 aromatic heterocycles. The Morgan fingerprint density at radius 1 is 1.50 bits per heavy atom. The van der Waals surface area contributed by atoms with Crippen LogP contribution in [0.25, 0.3) is 0 Å². The van der Waals surface area contributed by atoms with Crippen molar-refractivity contribution in [1.29, 1.82) is 0 Å². The summed E-state index contributed by atoms with van der Waals surface area (Å²) in [5, 5.41) is 17.5. The standard InChI is InChI=1S/C11H19N3O2/c1-2-16-6-5-11-13-12-10-4-3-9(8-15)7-14(10)11/h9,15H,2-8H2,1H3. The molecule has 5 heteroatoms. The normalized spacial score (nSPS) is 19.8. The number of nitrogens with zero attached hydrogens (tertiary/aromatic N) is 3. The van der Waals surface area contributed by atoms with Crippen LogP contribution in [0.2, 0.25) is 0 Å². The van der Waals surface area contributed by atoms with Gasteiger partial charge in [0.1, 0.15) is 11.6 Å². The monoisotopic (exact) mass is 225 g/mol. The van der Waals surface area contributed by atoms with Crippen molar-refractivity contribution >= 4 is 0 Å². The number of hydrogen-bond acceptors (Lipinski definition) is 4. The van der Waals surface area contributed by atoms with Crippen LogP contribution in [0.3, 0.4) is 0 Å². The predicted molar refractivity (Wildman–Crippen MR) is 59.1 cm³/mol. The minimum Gasteiger partial charge on any atom is -0.396 e. The SMILES string of the molecule is CCOCCc1nnc2n1CC(CO)CC2. The molecule has 0 aromatic carbocycles. The number of hydrogen-bond donors (Lipinski definition) is 1. The molecule has 1 aliphatic rings. The molecule has 1 aromatic rings. The zero-order chi connectivity index (χ0) is 11.4. The van der Waals surface area contributed by atoms with Crippen LogP contribution < -0.4 is 0 Å². The molecule has 16 heavy (non-hydrogen) atoms. The molecule has 1 N–H and O–H groups in total. The topological polar surface area (TPSA) is 60.2 Å². The quantitative estimate of drug-likeness (QED) is 0.737. The molecule has 0 fully saturated rings. The number of aliphatic hydroxyl groups excluding tert-OH is 1. The first-order valence-electron chi connectivity index (χ1n) is 5.94. The second-order valence-electron chi connectivity index (χ2n) is 4.18. The van der Waals surface area contributed by atoms with Gasteiger partial charge in [-0.1, -0.05) is 0 Å². The number of aromatic nitrogens is 3. The van der Waals surface area contributed by atoms with Crippen LogP contribution in [0.1, 0.15) is 25.0 Å². The Kier molecular flexibility index (Phi) is 3.90. The molecule has 1 aliphatic heterocycles. The van der Waals surface area contributed by atoms with Gasteiger partial charge in [-0.05, 0) is 13.3 Å². The highest BCUT2D eigenvalue weighted by Crippen LogP contribution is 2.19. The predicted octanol–water partition coefficient (Wildman–Crippen LogP) is 0.412. The molecule has 0 saturated heterocycles. The van der Waals surface area contributed by atoms with Crippen LogP contribution in [0, 0.1) is 5.92 Å². The molecule has 0 saturated carbocycles. The van der Waals surface area contributed by atoms with E-state index in [1.165, 1.54) is 0 Å². The Morgan fingerprint density at radius 3 is 3.12 bits per heavy atom. The third-order valence-corrected chi connectivity index (χ3v) is 3.05. The van der Waals surface area contributed by atoms with Gasteiger partial charge in [0.05, 0.1) is 6.61 Å². The van der Waals surface area contributed by atoms with Gasteiger partial charge in [0.15, 0.2) is 0 Å². The van der Waals surface area contributed by atoms with E-state index >= 15 is 0 Å². The fourth-order valence-corrected chi connectivity index (χ4v) is 2.09. The molecule has 90 valence electrons. The lowest BCUT2D eigenvalue weighted by atomic mass is 10.0. The molecule has 0 spiro atoms. The van der Waals surface area contributed by atoms with E-state index in [0.717, 1.165) is 44.1 Å². The Bertz CT molecular complexity index is 338. The second kappa shape index (κ2) is 5.41. The van der Waals surface area contributed by atoms with E-state index in [1.807, 2.05) is 6.92 Å². The summed E-state index contributed by atoms with van der Waals surface area (Å²) in [6.45, 7) is 4.52. The summed E-state index contributed by atoms with van der Waals surface area (Å²) in [7, 11) is 0. The summed E-state index contributed by atoms with van der Waals surface area (Å²) in [5.41, 5.74) is 0. The van der Waals surface area contributed by atoms with Gasteiger partial charge in [-0.3, -0.25) is 0 Å². The summed E-state index contributed by atoms with van der Waals surface area (Å²) in [6, 6.07) is 0. The summed E-state index contributed by atoms with van der Waals surface area (Å²) < 4.78 is 7.46. The van der Waals surface area contributed by atoms with E-state index in [-0.39, 0.29) is 6.61 Å². The third kappa shape index (κ3) is 2.41. The van der Waals surface area contributed by atoms with Crippen molar-refractivity contribution in [2.24, 2.45) is 5.92 Å². The van der Waals surface area contributed by atoms with Gasteiger partial charge in [-0.2, -0.15) is 0 Å². The maximum absolute atomic E-state index is 9.18. The highest BCUT2D eigenvalue weighted by molar-refractivity contribution is 5.00. The number of rotatable bonds is 5. The van der Waals surface area contributed by atoms with Crippen LogP contribution in [-0.2, 0) is 24.1 Å². The first kappa shape index (κ1) is 11.5. The molecule has 0 aliphatic carbocycles. The van der Waals surface area contributed by atoms with Crippen molar-refractivity contribution in [3.63, 3.8) is 0 Å². The van der Waals surface area contributed by atoms with E-state index in [1.54, 1.807) is 0 Å². The highest BCUT2D eigenvalue weighted by Gasteiger charge is 2.21. The Hall–Kier alpha value is -0.940. The summed E-state index contributed by atoms with van der Waals surface area (Å²) in [5.74, 6) is 2.40. The van der Waals surface area contributed by atoms with Crippen molar-refractivity contribution < 1.29 is 9.84 Å². The molecule has 0 amide bonds. The van der Waals surface area contributed by atoms with Crippen LogP contribution in [0.5, 0.6) is 0 Å². The van der Waals surface area contributed by atoms with E-state index in [9.17, 15) is 5.11 Å². The highest BCUT2D eigenvalue weighted by atomic mass is 16.5. The molecule has 0 bridgehead atoms. The molecule has 0 radical (unpaired) electrons. The van der Waals surface area contributed by atoms with Gasteiger partial charge in [0.25, 0.3) is 0 Å². The average Bonchev–Trinajstić information content (AvgIpc) is 2.72. The fraction of sp³-hybridized carbons (Fsp3) is 0.818. The van der Waals surface area contributed by atoms with Crippen LogP contribution >= 0.6 is 0 Å². The fourth-order valence-electron chi connectivity index (χ4n) is 2.09. The molecular weight excluding hydrogens is 206 g/mol. The van der Waals surface area contributed by atoms with Crippen LogP contribution in [0.4, 0.5) is 0 Å². The number of ether oxygens (including phenoxy) is 1. The zero-order valence-corrected chi connectivity index (χ0v) is 9.72. The minimum absolute atomic E-state index is 0.252. The lowest BCUT2D eigenvalue weighted by Gasteiger charge is -2.22. The Balaban J connectivity index is 2.01. The zero-order valence-electron chi connectivity index (χ0n) is 9.72. The third-order valence-electron chi connectivity index (χ3n) is 3.05. The van der Waals surface area contributed by atoms with E-state index < -0.39 is 0 Å². The Labute approximate surface area is 95.4 Å². The van der Waals surface area contributed by atoms with Crippen molar-refractivity contribution in [2.45, 2.75) is 32.7 Å². The summed E-state index contributed by atoms with van der Waals surface area (Å²) in [6.07, 6.45) is 2.74. The van der Waals surface area contributed by atoms with Crippen LogP contribution in [-0.4, -0.2) is 39.7 Å². The van der Waals surface area contributed by atoms with Crippen molar-refractivity contribution in [3.05, 3.63) is 11.6 Å². The van der Waals surface area contributed by atoms with Gasteiger partial charge in [0, 0.05) is 38.5 Å². The first-order valence-corrected chi connectivity index (χ1v) is 5.94. The average molecular weight is 225 g/mol. The lowest BCUT2D eigenvalue weighted by molar-refractivity contribution is 0.147. The maximum atomic E-state index is 9.18. The van der Waals surface area contributed by atoms with E-state index in [4.69, 9.17) is 4.74 Å². The van der Waals surface area contributed by atoms with Gasteiger partial charge >= 0.3 is 0 Å². The van der Waals surface area contributed by atoms with Crippen molar-refractivity contribution in [1.82, 2.24) is 14.8 Å². The van der Waals surface area contributed by atoms with E-state index in [0.29, 0.717) is 12.5 Å². The number of aliphatic hydroxyl groups is 1. The number of fused-ring (bicyclic) bond motifs is 1. The number of aryl methyl sites for hydroxylation is 1. The van der Waals surface area contributed by atoms with Gasteiger partial charge in [0.2, 0.25) is 0 Å². The molecular formula is C11H19N3O2. The maximum Gasteiger partial charge on any atom is 0.135 e. The molecule has 2 rings (SSSR count). The summed E-state index contributed by atoms with van der Waals surface area (Å²) in [4.78, 5) is 0. The smallest absolute Gasteiger partial charge is 0.135 e. The first-order chi connectivity index (χ1) is 7.85. The Morgan fingerprint density at radius 2 is 2.38 bits per heavy atom.